The molecule has 1 atom stereocenters. The van der Waals surface area contributed by atoms with Gasteiger partial charge in [-0.3, -0.25) is 19.8 Å². The third-order valence-electron chi connectivity index (χ3n) is 5.32. The molecule has 1 unspecified atom stereocenters. The van der Waals surface area contributed by atoms with Crippen molar-refractivity contribution in [3.63, 3.8) is 0 Å². The van der Waals surface area contributed by atoms with Gasteiger partial charge in [0.05, 0.1) is 11.0 Å². The maximum absolute atomic E-state index is 12.8. The Labute approximate surface area is 173 Å². The van der Waals surface area contributed by atoms with Crippen molar-refractivity contribution in [2.24, 2.45) is 0 Å². The number of hydrogen-bond donors (Lipinski definition) is 1. The Morgan fingerprint density at radius 3 is 2.60 bits per heavy atom. The smallest absolute Gasteiger partial charge is 0.295 e. The highest BCUT2D eigenvalue weighted by molar-refractivity contribution is 5.95. The third kappa shape index (κ3) is 4.20. The average molecular weight is 406 g/mol. The van der Waals surface area contributed by atoms with Crippen LogP contribution in [0.4, 0.5) is 5.69 Å². The second kappa shape index (κ2) is 8.83. The molecular weight excluding hydrogens is 384 g/mol. The average Bonchev–Trinajstić information content (AvgIpc) is 3.49. The summed E-state index contributed by atoms with van der Waals surface area (Å²) in [6, 6.07) is 14.5. The van der Waals surface area contributed by atoms with Gasteiger partial charge in [0.25, 0.3) is 11.6 Å². The van der Waals surface area contributed by atoms with Gasteiger partial charge in [-0.25, -0.2) is 9.67 Å². The van der Waals surface area contributed by atoms with E-state index in [2.05, 4.69) is 32.4 Å². The van der Waals surface area contributed by atoms with Crippen LogP contribution in [0.2, 0.25) is 0 Å². The molecule has 1 aromatic heterocycles. The van der Waals surface area contributed by atoms with Crippen LogP contribution in [0.25, 0.3) is 5.69 Å². The Bertz CT molecular complexity index is 1020. The van der Waals surface area contributed by atoms with E-state index in [1.807, 2.05) is 18.2 Å². The van der Waals surface area contributed by atoms with Gasteiger partial charge >= 0.3 is 0 Å². The van der Waals surface area contributed by atoms with Crippen LogP contribution in [0.1, 0.15) is 34.8 Å². The lowest BCUT2D eigenvalue weighted by Gasteiger charge is -2.28. The molecule has 0 bridgehead atoms. The lowest BCUT2D eigenvalue weighted by atomic mass is 10.1. The predicted molar refractivity (Wildman–Crippen MR) is 110 cm³/mol. The summed E-state index contributed by atoms with van der Waals surface area (Å²) in [4.78, 5) is 30.0. The fourth-order valence-electron chi connectivity index (χ4n) is 3.81. The topological polar surface area (TPSA) is 106 Å². The molecule has 9 nitrogen and oxygen atoms in total. The van der Waals surface area contributed by atoms with E-state index in [4.69, 9.17) is 0 Å². The second-order valence-electron chi connectivity index (χ2n) is 7.18. The molecule has 0 radical (unpaired) electrons. The zero-order valence-corrected chi connectivity index (χ0v) is 16.3. The molecule has 1 aliphatic rings. The minimum absolute atomic E-state index is 0.0713. The van der Waals surface area contributed by atoms with Gasteiger partial charge in [-0.15, -0.1) is 0 Å². The summed E-state index contributed by atoms with van der Waals surface area (Å²) in [5.41, 5.74) is 1.44. The van der Waals surface area contributed by atoms with E-state index in [9.17, 15) is 14.9 Å². The molecule has 1 fully saturated rings. The number of nitro groups is 1. The number of nitrogens with one attached hydrogen (secondary N) is 1. The first-order chi connectivity index (χ1) is 14.6. The fraction of sp³-hybridized carbons (Fsp3) is 0.286. The highest BCUT2D eigenvalue weighted by atomic mass is 16.6. The van der Waals surface area contributed by atoms with Crippen molar-refractivity contribution in [2.75, 3.05) is 19.6 Å². The fourth-order valence-corrected chi connectivity index (χ4v) is 3.81. The van der Waals surface area contributed by atoms with E-state index < -0.39 is 4.92 Å². The molecule has 1 amide bonds. The van der Waals surface area contributed by atoms with E-state index in [-0.39, 0.29) is 28.9 Å². The minimum atomic E-state index is -0.523. The van der Waals surface area contributed by atoms with E-state index in [1.165, 1.54) is 29.5 Å². The summed E-state index contributed by atoms with van der Waals surface area (Å²) in [6.07, 6.45) is 4.97. The first kappa shape index (κ1) is 19.7. The number of nitro benzene ring substituents is 1. The number of benzene rings is 2. The van der Waals surface area contributed by atoms with Gasteiger partial charge in [-0.2, -0.15) is 5.10 Å². The Hall–Kier alpha value is -3.59. The second-order valence-corrected chi connectivity index (χ2v) is 7.18. The van der Waals surface area contributed by atoms with Gasteiger partial charge in [0, 0.05) is 18.2 Å². The Balaban J connectivity index is 1.52. The molecule has 4 rings (SSSR count). The number of nitrogens with zero attached hydrogens (tertiary/aromatic N) is 5. The standard InChI is InChI=1S/C21H22N6O3/c28-21(17-8-9-18(19(12-17)27(29)30)26-15-22-14-24-26)23-13-20(25-10-4-5-11-25)16-6-2-1-3-7-16/h1-3,6-9,12,14-15,20H,4-5,10-11,13H2,(H,23,28). The van der Waals surface area contributed by atoms with E-state index >= 15 is 0 Å². The van der Waals surface area contributed by atoms with Gasteiger partial charge < -0.3 is 5.32 Å². The summed E-state index contributed by atoms with van der Waals surface area (Å²) in [5, 5.41) is 18.4. The van der Waals surface area contributed by atoms with Crippen LogP contribution in [0.5, 0.6) is 0 Å². The first-order valence-electron chi connectivity index (χ1n) is 9.84. The number of likely N-dealkylation sites (tertiary alicyclic amines) is 1. The van der Waals surface area contributed by atoms with Crippen LogP contribution in [0, 0.1) is 10.1 Å². The largest absolute Gasteiger partial charge is 0.350 e. The molecular formula is C21H22N6O3. The van der Waals surface area contributed by atoms with E-state index in [0.717, 1.165) is 31.5 Å². The highest BCUT2D eigenvalue weighted by Gasteiger charge is 2.25. The summed E-state index contributed by atoms with van der Waals surface area (Å²) in [6.45, 7) is 2.42. The van der Waals surface area contributed by atoms with Crippen molar-refractivity contribution in [3.8, 4) is 5.69 Å². The molecule has 2 heterocycles. The third-order valence-corrected chi connectivity index (χ3v) is 5.32. The molecule has 154 valence electrons. The molecule has 2 aromatic carbocycles. The Morgan fingerprint density at radius 2 is 1.93 bits per heavy atom. The minimum Gasteiger partial charge on any atom is -0.350 e. The predicted octanol–water partition coefficient (Wildman–Crippen LogP) is 2.74. The summed E-state index contributed by atoms with van der Waals surface area (Å²) < 4.78 is 1.30. The SMILES string of the molecule is O=C(NCC(c1ccccc1)N1CCCC1)c1ccc(-n2cncn2)c([N+](=O)[O-])c1. The number of rotatable bonds is 7. The molecule has 1 saturated heterocycles. The molecule has 1 aliphatic heterocycles. The van der Waals surface area contributed by atoms with Gasteiger partial charge in [0.15, 0.2) is 0 Å². The van der Waals surface area contributed by atoms with Gasteiger partial charge in [-0.1, -0.05) is 30.3 Å². The first-order valence-corrected chi connectivity index (χ1v) is 9.84. The van der Waals surface area contributed by atoms with Crippen LogP contribution in [0.15, 0.2) is 61.2 Å². The van der Waals surface area contributed by atoms with Crippen LogP contribution in [0.3, 0.4) is 0 Å². The number of aromatic nitrogens is 3. The normalized spacial score (nSPS) is 15.1. The van der Waals surface area contributed by atoms with Crippen molar-refractivity contribution < 1.29 is 9.72 Å². The zero-order valence-electron chi connectivity index (χ0n) is 16.3. The van der Waals surface area contributed by atoms with E-state index in [0.29, 0.717) is 6.54 Å². The number of carbonyl (C=O) groups excluding carboxylic acids is 1. The Morgan fingerprint density at radius 1 is 1.17 bits per heavy atom. The number of hydrogen-bond acceptors (Lipinski definition) is 6. The Kier molecular flexibility index (Phi) is 5.80. The maximum Gasteiger partial charge on any atom is 0.295 e. The van der Waals surface area contributed by atoms with Crippen molar-refractivity contribution >= 4 is 11.6 Å². The van der Waals surface area contributed by atoms with Crippen molar-refractivity contribution in [3.05, 3.63) is 82.4 Å². The number of amides is 1. The molecule has 0 saturated carbocycles. The molecule has 3 aromatic rings. The lowest BCUT2D eigenvalue weighted by Crippen LogP contribution is -2.36. The van der Waals surface area contributed by atoms with Crippen LogP contribution in [-0.4, -0.2) is 50.1 Å². The lowest BCUT2D eigenvalue weighted by molar-refractivity contribution is -0.384. The van der Waals surface area contributed by atoms with E-state index in [1.54, 1.807) is 6.07 Å². The molecule has 1 N–H and O–H groups in total. The monoisotopic (exact) mass is 406 g/mol. The van der Waals surface area contributed by atoms with Crippen molar-refractivity contribution in [1.29, 1.82) is 0 Å². The molecule has 30 heavy (non-hydrogen) atoms. The zero-order chi connectivity index (χ0) is 20.9. The van der Waals surface area contributed by atoms with Gasteiger partial charge in [-0.05, 0) is 43.6 Å². The maximum atomic E-state index is 12.8. The van der Waals surface area contributed by atoms with Crippen molar-refractivity contribution in [2.45, 2.75) is 18.9 Å². The summed E-state index contributed by atoms with van der Waals surface area (Å²) in [7, 11) is 0. The molecule has 0 aliphatic carbocycles. The highest BCUT2D eigenvalue weighted by Crippen LogP contribution is 2.26. The van der Waals surface area contributed by atoms with Gasteiger partial charge in [0.1, 0.15) is 18.3 Å². The van der Waals surface area contributed by atoms with Crippen LogP contribution in [-0.2, 0) is 0 Å². The number of carbonyl (C=O) groups is 1. The van der Waals surface area contributed by atoms with Crippen LogP contribution < -0.4 is 5.32 Å². The molecule has 0 spiro atoms. The van der Waals surface area contributed by atoms with Crippen LogP contribution >= 0.6 is 0 Å². The quantitative estimate of drug-likeness (QED) is 0.478. The molecule has 9 heteroatoms. The van der Waals surface area contributed by atoms with Gasteiger partial charge in [0.2, 0.25) is 0 Å². The van der Waals surface area contributed by atoms with Crippen molar-refractivity contribution in [1.82, 2.24) is 25.0 Å². The summed E-state index contributed by atoms with van der Waals surface area (Å²) >= 11 is 0. The summed E-state index contributed by atoms with van der Waals surface area (Å²) in [5.74, 6) is -0.344.